The van der Waals surface area contributed by atoms with Crippen LogP contribution in [0.15, 0.2) is 36.1 Å². The number of fused-ring (bicyclic) bond motifs is 1. The van der Waals surface area contributed by atoms with Crippen molar-refractivity contribution >= 4 is 62.3 Å². The van der Waals surface area contributed by atoms with Crippen LogP contribution in [0.4, 0.5) is 15.5 Å². The number of anilines is 2. The van der Waals surface area contributed by atoms with Gasteiger partial charge in [-0.1, -0.05) is 17.4 Å². The van der Waals surface area contributed by atoms with Gasteiger partial charge in [-0.3, -0.25) is 4.79 Å². The van der Waals surface area contributed by atoms with E-state index in [-0.39, 0.29) is 30.0 Å². The average Bonchev–Trinajstić information content (AvgIpc) is 3.44. The van der Waals surface area contributed by atoms with Gasteiger partial charge in [0.25, 0.3) is 5.91 Å². The Labute approximate surface area is 191 Å². The fourth-order valence-corrected chi connectivity index (χ4v) is 4.62. The molecule has 0 aliphatic carbocycles. The number of carbonyl (C=O) groups is 1. The molecule has 4 aromatic rings. The van der Waals surface area contributed by atoms with E-state index in [4.69, 9.17) is 0 Å². The number of nitrogens with one attached hydrogen (secondary N) is 2. The van der Waals surface area contributed by atoms with Crippen molar-refractivity contribution in [3.05, 3.63) is 46.8 Å². The second kappa shape index (κ2) is 9.18. The molecule has 1 saturated heterocycles. The van der Waals surface area contributed by atoms with Crippen molar-refractivity contribution in [1.29, 1.82) is 0 Å². The van der Waals surface area contributed by atoms with Crippen LogP contribution in [0.3, 0.4) is 0 Å². The summed E-state index contributed by atoms with van der Waals surface area (Å²) >= 11 is 2.75. The summed E-state index contributed by atoms with van der Waals surface area (Å²) in [6, 6.07) is 5.50. The molecule has 1 amide bonds. The number of hydrogen-bond acceptors (Lipinski definition) is 9. The third-order valence-electron chi connectivity index (χ3n) is 4.69. The van der Waals surface area contributed by atoms with Gasteiger partial charge in [-0.05, 0) is 12.1 Å². The third kappa shape index (κ3) is 4.49. The molecule has 4 heterocycles. The van der Waals surface area contributed by atoms with Gasteiger partial charge in [0.05, 0.1) is 28.1 Å². The van der Waals surface area contributed by atoms with Crippen LogP contribution in [0.25, 0.3) is 21.5 Å². The van der Waals surface area contributed by atoms with Gasteiger partial charge >= 0.3 is 0 Å². The molecule has 0 saturated carbocycles. The largest absolute Gasteiger partial charge is 0.335 e. The Bertz CT molecular complexity index is 1220. The van der Waals surface area contributed by atoms with Crippen molar-refractivity contribution in [2.75, 3.05) is 31.5 Å². The molecular weight excluding hydrogens is 461 g/mol. The smallest absolute Gasteiger partial charge is 0.265 e. The zero-order valence-corrected chi connectivity index (χ0v) is 18.5. The molecule has 3 aromatic heterocycles. The minimum absolute atomic E-state index is 0. The molecule has 0 unspecified atom stereocenters. The Balaban J connectivity index is 0.00000231. The first kappa shape index (κ1) is 21.5. The normalized spacial score (nSPS) is 13.8. The summed E-state index contributed by atoms with van der Waals surface area (Å²) in [5, 5.41) is 6.67. The van der Waals surface area contributed by atoms with Gasteiger partial charge in [0.1, 0.15) is 10.6 Å². The second-order valence-corrected chi connectivity index (χ2v) is 8.54. The minimum atomic E-state index is -0.524. The fourth-order valence-electron chi connectivity index (χ4n) is 3.19. The van der Waals surface area contributed by atoms with Crippen LogP contribution in [0.5, 0.6) is 0 Å². The molecule has 1 aliphatic heterocycles. The maximum atomic E-state index is 14.4. The molecule has 31 heavy (non-hydrogen) atoms. The molecule has 160 valence electrons. The molecule has 0 spiro atoms. The minimum Gasteiger partial charge on any atom is -0.335 e. The SMILES string of the molecule is Cl.O=C(c1cnc(Nc2ncc(F)c(-c3ccc4scnc4c3)n2)s1)N1CCNCC1. The molecule has 1 aliphatic rings. The van der Waals surface area contributed by atoms with Gasteiger partial charge in [0.15, 0.2) is 10.9 Å². The molecule has 2 N–H and O–H groups in total. The molecular formula is C19H17ClFN7OS2. The van der Waals surface area contributed by atoms with Crippen molar-refractivity contribution in [2.45, 2.75) is 0 Å². The number of carbonyl (C=O) groups excluding carboxylic acids is 1. The highest BCUT2D eigenvalue weighted by Gasteiger charge is 2.20. The lowest BCUT2D eigenvalue weighted by Crippen LogP contribution is -2.46. The summed E-state index contributed by atoms with van der Waals surface area (Å²) in [6.07, 6.45) is 2.66. The van der Waals surface area contributed by atoms with E-state index in [1.165, 1.54) is 28.9 Å². The van der Waals surface area contributed by atoms with Gasteiger partial charge < -0.3 is 15.5 Å². The van der Waals surface area contributed by atoms with Gasteiger partial charge in [0, 0.05) is 31.7 Å². The highest BCUT2D eigenvalue weighted by Crippen LogP contribution is 2.28. The molecule has 0 bridgehead atoms. The second-order valence-electron chi connectivity index (χ2n) is 6.62. The number of aromatic nitrogens is 4. The van der Waals surface area contributed by atoms with E-state index < -0.39 is 5.82 Å². The standard InChI is InChI=1S/C19H16FN7OS2.ClH/c20-12-8-22-18(25-16(12)11-1-2-14-13(7-11)24-10-29-14)26-19-23-9-15(30-19)17(28)27-5-3-21-4-6-27;/h1-2,7-10,21H,3-6H2,(H,22,23,25,26);1H. The first-order valence-corrected chi connectivity index (χ1v) is 11.0. The van der Waals surface area contributed by atoms with Gasteiger partial charge in [-0.25, -0.2) is 24.3 Å². The molecule has 1 fully saturated rings. The lowest BCUT2D eigenvalue weighted by atomic mass is 10.1. The number of rotatable bonds is 4. The zero-order valence-electron chi connectivity index (χ0n) is 16.0. The molecule has 1 aromatic carbocycles. The van der Waals surface area contributed by atoms with Gasteiger partial charge in [-0.2, -0.15) is 0 Å². The maximum absolute atomic E-state index is 14.4. The predicted octanol–water partition coefficient (Wildman–Crippen LogP) is 3.56. The van der Waals surface area contributed by atoms with Crippen LogP contribution in [-0.4, -0.2) is 56.9 Å². The van der Waals surface area contributed by atoms with Crippen molar-refractivity contribution in [1.82, 2.24) is 30.2 Å². The maximum Gasteiger partial charge on any atom is 0.265 e. The summed E-state index contributed by atoms with van der Waals surface area (Å²) in [4.78, 5) is 31.8. The predicted molar refractivity (Wildman–Crippen MR) is 122 cm³/mol. The highest BCUT2D eigenvalue weighted by atomic mass is 35.5. The number of hydrogen-bond donors (Lipinski definition) is 2. The van der Waals surface area contributed by atoms with Crippen molar-refractivity contribution < 1.29 is 9.18 Å². The number of thiazole rings is 2. The van der Waals surface area contributed by atoms with Crippen molar-refractivity contribution in [3.63, 3.8) is 0 Å². The number of amides is 1. The van der Waals surface area contributed by atoms with Gasteiger partial charge in [0.2, 0.25) is 5.95 Å². The van der Waals surface area contributed by atoms with Crippen LogP contribution in [0, 0.1) is 5.82 Å². The van der Waals surface area contributed by atoms with E-state index in [2.05, 4.69) is 30.6 Å². The topological polar surface area (TPSA) is 95.9 Å². The monoisotopic (exact) mass is 477 g/mol. The summed E-state index contributed by atoms with van der Waals surface area (Å²) in [5.41, 5.74) is 3.33. The van der Waals surface area contributed by atoms with E-state index in [0.717, 1.165) is 29.5 Å². The van der Waals surface area contributed by atoms with Crippen LogP contribution in [0.1, 0.15) is 9.67 Å². The van der Waals surface area contributed by atoms with Crippen LogP contribution in [0.2, 0.25) is 0 Å². The zero-order chi connectivity index (χ0) is 20.5. The highest BCUT2D eigenvalue weighted by molar-refractivity contribution is 7.17. The van der Waals surface area contributed by atoms with E-state index in [0.29, 0.717) is 28.7 Å². The summed E-state index contributed by atoms with van der Waals surface area (Å²) in [5.74, 6) is -0.358. The lowest BCUT2D eigenvalue weighted by Gasteiger charge is -2.26. The fraction of sp³-hybridized carbons (Fsp3) is 0.211. The molecule has 12 heteroatoms. The summed E-state index contributed by atoms with van der Waals surface area (Å²) < 4.78 is 15.4. The van der Waals surface area contributed by atoms with Crippen LogP contribution >= 0.6 is 35.1 Å². The lowest BCUT2D eigenvalue weighted by molar-refractivity contribution is 0.0740. The molecule has 8 nitrogen and oxygen atoms in total. The average molecular weight is 478 g/mol. The van der Waals surface area contributed by atoms with E-state index in [9.17, 15) is 9.18 Å². The Morgan fingerprint density at radius 2 is 2.00 bits per heavy atom. The Hall–Kier alpha value is -2.73. The number of piperazine rings is 1. The van der Waals surface area contributed by atoms with E-state index in [1.807, 2.05) is 12.1 Å². The number of benzene rings is 1. The Kier molecular flexibility index (Phi) is 6.37. The van der Waals surface area contributed by atoms with E-state index >= 15 is 0 Å². The van der Waals surface area contributed by atoms with Crippen molar-refractivity contribution in [3.8, 4) is 11.3 Å². The summed E-state index contributed by atoms with van der Waals surface area (Å²) in [7, 11) is 0. The molecule has 0 radical (unpaired) electrons. The Morgan fingerprint density at radius 1 is 1.16 bits per heavy atom. The van der Waals surface area contributed by atoms with E-state index in [1.54, 1.807) is 16.5 Å². The first-order valence-electron chi connectivity index (χ1n) is 9.26. The number of nitrogens with zero attached hydrogens (tertiary/aromatic N) is 5. The first-order chi connectivity index (χ1) is 14.7. The Morgan fingerprint density at radius 3 is 2.84 bits per heavy atom. The quantitative estimate of drug-likeness (QED) is 0.464. The van der Waals surface area contributed by atoms with Crippen LogP contribution in [-0.2, 0) is 0 Å². The number of halogens is 2. The van der Waals surface area contributed by atoms with Gasteiger partial charge in [-0.15, -0.1) is 23.7 Å². The third-order valence-corrected chi connectivity index (χ3v) is 6.40. The molecule has 5 rings (SSSR count). The van der Waals surface area contributed by atoms with Crippen LogP contribution < -0.4 is 10.6 Å². The summed E-state index contributed by atoms with van der Waals surface area (Å²) in [6.45, 7) is 2.92. The van der Waals surface area contributed by atoms with Crippen molar-refractivity contribution in [2.24, 2.45) is 0 Å². The molecule has 0 atom stereocenters.